The lowest BCUT2D eigenvalue weighted by Gasteiger charge is -2.26. The van der Waals surface area contributed by atoms with Gasteiger partial charge >= 0.3 is 0 Å². The molecule has 1 amide bonds. The predicted octanol–water partition coefficient (Wildman–Crippen LogP) is 3.08. The number of hydrogen-bond donors (Lipinski definition) is 1. The van der Waals surface area contributed by atoms with Gasteiger partial charge in [-0.05, 0) is 37.0 Å². The largest absolute Gasteiger partial charge is 0.321 e. The molecule has 20 heavy (non-hydrogen) atoms. The van der Waals surface area contributed by atoms with Gasteiger partial charge < -0.3 is 4.90 Å². The molecule has 110 valence electrons. The highest BCUT2D eigenvalue weighted by Crippen LogP contribution is 2.33. The number of carbonyl (C=O) groups excluding carboxylic acids is 1. The molecule has 1 fully saturated rings. The predicted molar refractivity (Wildman–Crippen MR) is 77.5 cm³/mol. The van der Waals surface area contributed by atoms with Crippen molar-refractivity contribution < 1.29 is 9.18 Å². The summed E-state index contributed by atoms with van der Waals surface area (Å²) in [6.45, 7) is 8.83. The fraction of sp³-hybridized carbons (Fsp3) is 0.562. The first kappa shape index (κ1) is 15.0. The molecule has 3 nitrogen and oxygen atoms in total. The highest BCUT2D eigenvalue weighted by molar-refractivity contribution is 5.88. The molecule has 2 rings (SSSR count). The summed E-state index contributed by atoms with van der Waals surface area (Å²) in [5.74, 6) is 0.262. The maximum absolute atomic E-state index is 13.1. The van der Waals surface area contributed by atoms with Gasteiger partial charge in [-0.15, -0.1) is 0 Å². The highest BCUT2D eigenvalue weighted by Gasteiger charge is 2.47. The fourth-order valence-electron chi connectivity index (χ4n) is 2.62. The molecule has 0 spiro atoms. The van der Waals surface area contributed by atoms with Gasteiger partial charge in [0.2, 0.25) is 5.91 Å². The maximum atomic E-state index is 13.1. The van der Waals surface area contributed by atoms with Gasteiger partial charge in [0.15, 0.2) is 0 Å². The summed E-state index contributed by atoms with van der Waals surface area (Å²) in [4.78, 5) is 14.5. The van der Waals surface area contributed by atoms with Crippen LogP contribution in [0.1, 0.15) is 45.8 Å². The monoisotopic (exact) mass is 278 g/mol. The molecule has 0 radical (unpaired) electrons. The summed E-state index contributed by atoms with van der Waals surface area (Å²) < 4.78 is 13.1. The van der Waals surface area contributed by atoms with Crippen LogP contribution >= 0.6 is 0 Å². The smallest absolute Gasteiger partial charge is 0.244 e. The molecule has 0 aromatic heterocycles. The normalized spacial score (nSPS) is 26.6. The van der Waals surface area contributed by atoms with Crippen molar-refractivity contribution in [1.29, 1.82) is 0 Å². The molecular formula is C16H23FN2O. The van der Waals surface area contributed by atoms with Crippen molar-refractivity contribution in [1.82, 2.24) is 10.2 Å². The third kappa shape index (κ3) is 2.70. The highest BCUT2D eigenvalue weighted by atomic mass is 19.1. The molecule has 2 atom stereocenters. The Bertz CT molecular complexity index is 486. The second kappa shape index (κ2) is 5.52. The molecule has 0 saturated carbocycles. The van der Waals surface area contributed by atoms with E-state index in [0.717, 1.165) is 12.0 Å². The second-order valence-electron chi connectivity index (χ2n) is 6.14. The van der Waals surface area contributed by atoms with E-state index in [4.69, 9.17) is 0 Å². The van der Waals surface area contributed by atoms with Crippen LogP contribution in [0.15, 0.2) is 24.3 Å². The van der Waals surface area contributed by atoms with Crippen LogP contribution in [0.3, 0.4) is 0 Å². The molecule has 4 heteroatoms. The Morgan fingerprint density at radius 2 is 1.95 bits per heavy atom. The van der Waals surface area contributed by atoms with Crippen molar-refractivity contribution in [2.24, 2.45) is 5.92 Å². The first-order valence-corrected chi connectivity index (χ1v) is 7.21. The van der Waals surface area contributed by atoms with Crippen LogP contribution in [0.5, 0.6) is 0 Å². The number of benzene rings is 1. The lowest BCUT2D eigenvalue weighted by atomic mass is 9.99. The van der Waals surface area contributed by atoms with Gasteiger partial charge in [0.1, 0.15) is 12.0 Å². The van der Waals surface area contributed by atoms with E-state index in [2.05, 4.69) is 19.2 Å². The SMILES string of the molecule is CCC1(C)NC(c2ccc(F)cc2)N(CC(C)C)C1=O. The van der Waals surface area contributed by atoms with Crippen molar-refractivity contribution in [2.75, 3.05) is 6.54 Å². The lowest BCUT2D eigenvalue weighted by Crippen LogP contribution is -2.43. The Kier molecular flexibility index (Phi) is 4.14. The molecule has 0 aliphatic carbocycles. The summed E-state index contributed by atoms with van der Waals surface area (Å²) >= 11 is 0. The van der Waals surface area contributed by atoms with Gasteiger partial charge in [0.25, 0.3) is 0 Å². The van der Waals surface area contributed by atoms with E-state index < -0.39 is 5.54 Å². The van der Waals surface area contributed by atoms with E-state index in [1.807, 2.05) is 18.7 Å². The van der Waals surface area contributed by atoms with Crippen LogP contribution in [0.25, 0.3) is 0 Å². The Morgan fingerprint density at radius 1 is 1.35 bits per heavy atom. The molecular weight excluding hydrogens is 255 g/mol. The van der Waals surface area contributed by atoms with Gasteiger partial charge in [0.05, 0.1) is 5.54 Å². The van der Waals surface area contributed by atoms with Crippen molar-refractivity contribution >= 4 is 5.91 Å². The standard InChI is InChI=1S/C16H23FN2O/c1-5-16(4)15(20)19(10-11(2)3)14(18-16)12-6-8-13(17)9-7-12/h6-9,11,14,18H,5,10H2,1-4H3. The van der Waals surface area contributed by atoms with Crippen molar-refractivity contribution in [2.45, 2.75) is 45.8 Å². The average molecular weight is 278 g/mol. The first-order chi connectivity index (χ1) is 9.37. The molecule has 0 bridgehead atoms. The first-order valence-electron chi connectivity index (χ1n) is 7.21. The Balaban J connectivity index is 2.33. The van der Waals surface area contributed by atoms with Crippen molar-refractivity contribution in [3.8, 4) is 0 Å². The zero-order valence-electron chi connectivity index (χ0n) is 12.6. The number of carbonyl (C=O) groups is 1. The number of halogens is 1. The molecule has 1 aromatic rings. The Labute approximate surface area is 120 Å². The zero-order chi connectivity index (χ0) is 14.9. The quantitative estimate of drug-likeness (QED) is 0.918. The topological polar surface area (TPSA) is 32.3 Å². The van der Waals surface area contributed by atoms with Crippen LogP contribution in [0.4, 0.5) is 4.39 Å². The third-order valence-electron chi connectivity index (χ3n) is 3.95. The van der Waals surface area contributed by atoms with Crippen LogP contribution in [-0.2, 0) is 4.79 Å². The van der Waals surface area contributed by atoms with Crippen LogP contribution in [-0.4, -0.2) is 22.9 Å². The molecule has 1 heterocycles. The van der Waals surface area contributed by atoms with Gasteiger partial charge in [-0.25, -0.2) is 4.39 Å². The number of amides is 1. The minimum atomic E-state index is -0.534. The zero-order valence-corrected chi connectivity index (χ0v) is 12.6. The van der Waals surface area contributed by atoms with Crippen molar-refractivity contribution in [3.63, 3.8) is 0 Å². The molecule has 1 aliphatic heterocycles. The number of nitrogens with zero attached hydrogens (tertiary/aromatic N) is 1. The second-order valence-corrected chi connectivity index (χ2v) is 6.14. The van der Waals surface area contributed by atoms with Gasteiger partial charge in [-0.1, -0.05) is 32.9 Å². The number of nitrogens with one attached hydrogen (secondary N) is 1. The molecule has 2 unspecified atom stereocenters. The summed E-state index contributed by atoms with van der Waals surface area (Å²) in [6.07, 6.45) is 0.563. The van der Waals surface area contributed by atoms with Crippen LogP contribution in [0.2, 0.25) is 0 Å². The van der Waals surface area contributed by atoms with E-state index in [0.29, 0.717) is 12.5 Å². The minimum absolute atomic E-state index is 0.128. The number of hydrogen-bond acceptors (Lipinski definition) is 2. The molecule has 1 N–H and O–H groups in total. The lowest BCUT2D eigenvalue weighted by molar-refractivity contribution is -0.133. The third-order valence-corrected chi connectivity index (χ3v) is 3.95. The van der Waals surface area contributed by atoms with E-state index >= 15 is 0 Å². The summed E-state index contributed by atoms with van der Waals surface area (Å²) in [6, 6.07) is 6.37. The minimum Gasteiger partial charge on any atom is -0.321 e. The van der Waals surface area contributed by atoms with E-state index in [1.54, 1.807) is 12.1 Å². The molecule has 1 aliphatic rings. The molecule has 1 saturated heterocycles. The maximum Gasteiger partial charge on any atom is 0.244 e. The van der Waals surface area contributed by atoms with E-state index in [-0.39, 0.29) is 17.9 Å². The Morgan fingerprint density at radius 3 is 2.45 bits per heavy atom. The van der Waals surface area contributed by atoms with Gasteiger partial charge in [-0.3, -0.25) is 10.1 Å². The van der Waals surface area contributed by atoms with Gasteiger partial charge in [-0.2, -0.15) is 0 Å². The van der Waals surface area contributed by atoms with Crippen LogP contribution < -0.4 is 5.32 Å². The van der Waals surface area contributed by atoms with Gasteiger partial charge in [0, 0.05) is 6.54 Å². The average Bonchev–Trinajstić information content (AvgIpc) is 2.65. The van der Waals surface area contributed by atoms with Crippen LogP contribution in [0, 0.1) is 11.7 Å². The van der Waals surface area contributed by atoms with E-state index in [9.17, 15) is 9.18 Å². The van der Waals surface area contributed by atoms with Crippen molar-refractivity contribution in [3.05, 3.63) is 35.6 Å². The summed E-state index contributed by atoms with van der Waals surface area (Å²) in [5.41, 5.74) is 0.395. The Hall–Kier alpha value is -1.42. The summed E-state index contributed by atoms with van der Waals surface area (Å²) in [5, 5.41) is 3.41. The van der Waals surface area contributed by atoms with E-state index in [1.165, 1.54) is 12.1 Å². The fourth-order valence-corrected chi connectivity index (χ4v) is 2.62. The summed E-state index contributed by atoms with van der Waals surface area (Å²) in [7, 11) is 0. The molecule has 1 aromatic carbocycles. The number of rotatable bonds is 4.